The van der Waals surface area contributed by atoms with E-state index in [-0.39, 0.29) is 52.9 Å². The zero-order valence-electron chi connectivity index (χ0n) is 42.5. The van der Waals surface area contributed by atoms with Crippen molar-refractivity contribution in [2.75, 3.05) is 13.7 Å². The summed E-state index contributed by atoms with van der Waals surface area (Å²) in [6.07, 6.45) is -10.5. The lowest BCUT2D eigenvalue weighted by Crippen LogP contribution is -2.69. The van der Waals surface area contributed by atoms with Gasteiger partial charge < -0.3 is 52.5 Å². The molecule has 0 unspecified atom stereocenters. The molecule has 0 aromatic heterocycles. The Morgan fingerprint density at radius 2 is 0.737 bits per heavy atom. The first-order chi connectivity index (χ1) is 37.5. The minimum atomic E-state index is -1.36. The van der Waals surface area contributed by atoms with Crippen LogP contribution in [0.15, 0.2) is 211 Å². The van der Waals surface area contributed by atoms with Crippen LogP contribution in [-0.4, -0.2) is 86.1 Å². The first-order valence-electron chi connectivity index (χ1n) is 25.7. The van der Waals surface area contributed by atoms with Gasteiger partial charge in [-0.1, -0.05) is 199 Å². The topological polar surface area (TPSA) is 161 Å². The fourth-order valence-corrected chi connectivity index (χ4v) is 9.52. The van der Waals surface area contributed by atoms with Crippen LogP contribution in [0, 0.1) is 0 Å². The van der Waals surface area contributed by atoms with Crippen molar-refractivity contribution in [2.45, 2.75) is 114 Å². The summed E-state index contributed by atoms with van der Waals surface area (Å²) < 4.78 is 68.3. The Morgan fingerprint density at radius 1 is 0.421 bits per heavy atom. The third-order valence-electron chi connectivity index (χ3n) is 13.5. The molecule has 1 N–H and O–H groups in total. The van der Waals surface area contributed by atoms with E-state index < -0.39 is 67.3 Å². The standard InChI is InChI=1S/C62H65N3O11/c1-67-51-34-32-50(33-35-51)42-74-60-58(72-40-48-28-16-6-17-29-48)56(70-38-46-24-12-4-13-25-46)57(71-39-47-26-14-5-15-27-47)59(73-41-49-30-18-7-19-31-49)61(60)76-62-53(64-65-63)55(69-37-45-22-10-3-11-23-45)54(66)52(75-62)43-68-36-44-20-8-2-9-21-44/h2-35,52-62,66H,36-43H2,1H3/t52-,53-,54-,55-,56-,57-,58-,59+,60-,61-,62-/m1/s1. The van der Waals surface area contributed by atoms with E-state index >= 15 is 0 Å². The lowest BCUT2D eigenvalue weighted by Gasteiger charge is -2.51. The Balaban J connectivity index is 1.16. The van der Waals surface area contributed by atoms with E-state index in [2.05, 4.69) is 10.0 Å². The number of hydrogen-bond acceptors (Lipinski definition) is 12. The maximum atomic E-state index is 12.2. The molecule has 14 heteroatoms. The fraction of sp³-hybridized carbons (Fsp3) is 0.323. The zero-order chi connectivity index (χ0) is 52.2. The van der Waals surface area contributed by atoms with Crippen LogP contribution in [-0.2, 0) is 88.9 Å². The van der Waals surface area contributed by atoms with Crippen molar-refractivity contribution in [1.82, 2.24) is 0 Å². The number of hydrogen-bond donors (Lipinski definition) is 1. The molecule has 11 atom stereocenters. The predicted octanol–water partition coefficient (Wildman–Crippen LogP) is 10.9. The van der Waals surface area contributed by atoms with Crippen molar-refractivity contribution in [3.05, 3.63) is 256 Å². The maximum Gasteiger partial charge on any atom is 0.169 e. The lowest BCUT2D eigenvalue weighted by molar-refractivity contribution is -0.340. The van der Waals surface area contributed by atoms with E-state index in [1.807, 2.05) is 206 Å². The van der Waals surface area contributed by atoms with E-state index in [9.17, 15) is 10.6 Å². The molecule has 0 amide bonds. The molecule has 7 aromatic carbocycles. The Hall–Kier alpha value is -6.75. The Bertz CT molecular complexity index is 2780. The van der Waals surface area contributed by atoms with Crippen LogP contribution in [0.1, 0.15) is 38.9 Å². The normalized spacial score (nSPS) is 24.3. The van der Waals surface area contributed by atoms with Gasteiger partial charge in [0.2, 0.25) is 0 Å². The molecule has 2 fully saturated rings. The van der Waals surface area contributed by atoms with Gasteiger partial charge in [0.1, 0.15) is 60.6 Å². The van der Waals surface area contributed by atoms with Crippen molar-refractivity contribution in [3.63, 3.8) is 0 Å². The summed E-state index contributed by atoms with van der Waals surface area (Å²) in [7, 11) is 1.62. The average molecular weight is 1030 g/mol. The highest BCUT2D eigenvalue weighted by atomic mass is 16.7. The number of azide groups is 1. The minimum absolute atomic E-state index is 0.0544. The average Bonchev–Trinajstić information content (AvgIpc) is 3.49. The van der Waals surface area contributed by atoms with Gasteiger partial charge in [-0.15, -0.1) is 0 Å². The van der Waals surface area contributed by atoms with Crippen molar-refractivity contribution in [2.24, 2.45) is 5.11 Å². The van der Waals surface area contributed by atoms with Crippen molar-refractivity contribution in [1.29, 1.82) is 0 Å². The number of rotatable bonds is 26. The summed E-state index contributed by atoms with van der Waals surface area (Å²) in [5.41, 5.74) is 16.6. The third-order valence-corrected chi connectivity index (χ3v) is 13.5. The largest absolute Gasteiger partial charge is 0.497 e. The Labute approximate surface area is 444 Å². The number of ether oxygens (including phenoxy) is 10. The molecule has 14 nitrogen and oxygen atoms in total. The van der Waals surface area contributed by atoms with Crippen LogP contribution in [0.25, 0.3) is 10.4 Å². The Kier molecular flexibility index (Phi) is 20.2. The predicted molar refractivity (Wildman–Crippen MR) is 285 cm³/mol. The smallest absolute Gasteiger partial charge is 0.169 e. The van der Waals surface area contributed by atoms with Crippen LogP contribution in [0.3, 0.4) is 0 Å². The monoisotopic (exact) mass is 1030 g/mol. The quantitative estimate of drug-likeness (QED) is 0.0312. The van der Waals surface area contributed by atoms with Crippen LogP contribution in [0.2, 0.25) is 0 Å². The lowest BCUT2D eigenvalue weighted by atomic mass is 9.83. The van der Waals surface area contributed by atoms with Crippen LogP contribution >= 0.6 is 0 Å². The third kappa shape index (κ3) is 15.0. The van der Waals surface area contributed by atoms with E-state index in [0.29, 0.717) is 5.75 Å². The summed E-state index contributed by atoms with van der Waals surface area (Å²) in [6.45, 7) is 1.10. The van der Waals surface area contributed by atoms with Gasteiger partial charge in [-0.3, -0.25) is 0 Å². The van der Waals surface area contributed by atoms with Gasteiger partial charge in [-0.25, -0.2) is 0 Å². The van der Waals surface area contributed by atoms with E-state index in [0.717, 1.165) is 38.9 Å². The first-order valence-corrected chi connectivity index (χ1v) is 25.7. The highest BCUT2D eigenvalue weighted by Gasteiger charge is 2.57. The fourth-order valence-electron chi connectivity index (χ4n) is 9.52. The molecule has 76 heavy (non-hydrogen) atoms. The second kappa shape index (κ2) is 28.4. The SMILES string of the molecule is COc1ccc(CO[C@@H]2[C@H](OCc3ccccc3)[C@H](OCc3ccccc3)[C@@H](OCc3ccccc3)[C@H](OCc3ccccc3)[C@H]2O[C@H]2O[C@H](COCc3ccccc3)[C@@H](O)[C@H](OCc3ccccc3)[C@H]2N=[N+]=[N-])cc1. The highest BCUT2D eigenvalue weighted by Crippen LogP contribution is 2.39. The molecule has 7 aromatic rings. The molecule has 1 aliphatic heterocycles. The molecule has 9 rings (SSSR count). The van der Waals surface area contributed by atoms with E-state index in [4.69, 9.17) is 47.4 Å². The van der Waals surface area contributed by atoms with Crippen molar-refractivity contribution >= 4 is 0 Å². The number of aliphatic hydroxyl groups is 1. The first kappa shape index (κ1) is 54.1. The number of aliphatic hydroxyl groups excluding tert-OH is 1. The molecule has 0 spiro atoms. The summed E-state index contributed by atoms with van der Waals surface area (Å²) in [5.74, 6) is 0.695. The van der Waals surface area contributed by atoms with Crippen LogP contribution in [0.5, 0.6) is 5.75 Å². The van der Waals surface area contributed by atoms with Crippen LogP contribution < -0.4 is 4.74 Å². The number of nitrogens with zero attached hydrogens (tertiary/aromatic N) is 3. The van der Waals surface area contributed by atoms with Gasteiger partial charge in [0, 0.05) is 4.91 Å². The Morgan fingerprint density at radius 3 is 1.08 bits per heavy atom. The summed E-state index contributed by atoms with van der Waals surface area (Å²) >= 11 is 0. The van der Waals surface area contributed by atoms with E-state index in [1.165, 1.54) is 0 Å². The maximum absolute atomic E-state index is 12.2. The molecular weight excluding hydrogens is 963 g/mol. The molecule has 0 radical (unpaired) electrons. The molecule has 394 valence electrons. The van der Waals surface area contributed by atoms with Gasteiger partial charge in [-0.2, -0.15) is 0 Å². The molecular formula is C62H65N3O11. The molecule has 1 saturated heterocycles. The number of benzene rings is 7. The highest BCUT2D eigenvalue weighted by molar-refractivity contribution is 5.27. The van der Waals surface area contributed by atoms with E-state index in [1.54, 1.807) is 7.11 Å². The minimum Gasteiger partial charge on any atom is -0.497 e. The second-order valence-corrected chi connectivity index (χ2v) is 18.8. The van der Waals surface area contributed by atoms with Crippen LogP contribution in [0.4, 0.5) is 0 Å². The molecule has 2 aliphatic rings. The molecule has 0 bridgehead atoms. The van der Waals surface area contributed by atoms with Gasteiger partial charge in [-0.05, 0) is 56.6 Å². The summed E-state index contributed by atoms with van der Waals surface area (Å²) in [4.78, 5) is 3.30. The number of methoxy groups -OCH3 is 1. The van der Waals surface area contributed by atoms with Crippen molar-refractivity contribution in [3.8, 4) is 5.75 Å². The molecule has 1 aliphatic carbocycles. The molecule has 1 saturated carbocycles. The van der Waals surface area contributed by atoms with Crippen molar-refractivity contribution < 1.29 is 52.5 Å². The zero-order valence-corrected chi connectivity index (χ0v) is 42.5. The van der Waals surface area contributed by atoms with Gasteiger partial charge in [0.05, 0.1) is 66.1 Å². The summed E-state index contributed by atoms with van der Waals surface area (Å²) in [5, 5.41) is 16.5. The van der Waals surface area contributed by atoms with Gasteiger partial charge in [0.15, 0.2) is 6.29 Å². The molecule has 1 heterocycles. The second-order valence-electron chi connectivity index (χ2n) is 18.8. The van der Waals surface area contributed by atoms with Gasteiger partial charge >= 0.3 is 0 Å². The summed E-state index contributed by atoms with van der Waals surface area (Å²) in [6, 6.07) is 65.3. The van der Waals surface area contributed by atoms with Gasteiger partial charge in [0.25, 0.3) is 0 Å².